The van der Waals surface area contributed by atoms with Gasteiger partial charge in [-0.3, -0.25) is 0 Å². The number of thiophene rings is 2. The first kappa shape index (κ1) is 6.00. The molecule has 0 saturated heterocycles. The molecule has 0 aliphatic rings. The average molecular weight is 172 g/mol. The summed E-state index contributed by atoms with van der Waals surface area (Å²) in [5.41, 5.74) is 0. The summed E-state index contributed by atoms with van der Waals surface area (Å²) >= 11 is 2.72. The van der Waals surface area contributed by atoms with Crippen molar-refractivity contribution in [3.05, 3.63) is 10.8 Å². The molecule has 0 unspecified atom stereocenters. The van der Waals surface area contributed by atoms with Gasteiger partial charge >= 0.3 is 0 Å². The summed E-state index contributed by atoms with van der Waals surface area (Å²) in [6, 6.07) is 0. The summed E-state index contributed by atoms with van der Waals surface area (Å²) in [6.07, 6.45) is 0. The van der Waals surface area contributed by atoms with Gasteiger partial charge in [-0.25, -0.2) is 0 Å². The highest BCUT2D eigenvalue weighted by atomic mass is 32.1. The van der Waals surface area contributed by atoms with E-state index >= 15 is 0 Å². The molecule has 0 bridgehead atoms. The molecule has 0 amide bonds. The summed E-state index contributed by atoms with van der Waals surface area (Å²) in [5.74, 6) is 0.538. The fraction of sp³-hybridized carbons (Fsp3) is 0. The van der Waals surface area contributed by atoms with E-state index in [4.69, 9.17) is 10.2 Å². The van der Waals surface area contributed by atoms with Crippen LogP contribution in [0, 0.1) is 0 Å². The van der Waals surface area contributed by atoms with E-state index in [9.17, 15) is 0 Å². The van der Waals surface area contributed by atoms with Crippen molar-refractivity contribution in [3.63, 3.8) is 0 Å². The Kier molecular flexibility index (Phi) is 1.12. The highest BCUT2D eigenvalue weighted by Crippen LogP contribution is 2.41. The van der Waals surface area contributed by atoms with Gasteiger partial charge < -0.3 is 10.2 Å². The van der Waals surface area contributed by atoms with Crippen molar-refractivity contribution in [2.75, 3.05) is 0 Å². The molecule has 0 aliphatic carbocycles. The molecule has 52 valence electrons. The van der Waals surface area contributed by atoms with E-state index in [1.54, 1.807) is 10.8 Å². The van der Waals surface area contributed by atoms with Crippen molar-refractivity contribution >= 4 is 32.1 Å². The quantitative estimate of drug-likeness (QED) is 0.640. The molecule has 2 heterocycles. The van der Waals surface area contributed by atoms with Crippen LogP contribution in [-0.4, -0.2) is 10.2 Å². The van der Waals surface area contributed by atoms with Crippen LogP contribution in [0.4, 0.5) is 0 Å². The first-order valence-electron chi connectivity index (χ1n) is 2.65. The maximum Gasteiger partial charge on any atom is 0.144 e. The van der Waals surface area contributed by atoms with E-state index in [-0.39, 0.29) is 11.5 Å². The lowest BCUT2D eigenvalue weighted by Crippen LogP contribution is -1.48. The summed E-state index contributed by atoms with van der Waals surface area (Å²) < 4.78 is 1.56. The van der Waals surface area contributed by atoms with Crippen LogP contribution in [0.3, 0.4) is 0 Å². The second kappa shape index (κ2) is 1.87. The molecule has 2 aromatic heterocycles. The van der Waals surface area contributed by atoms with Crippen molar-refractivity contribution in [1.29, 1.82) is 0 Å². The number of hydrogen-bond acceptors (Lipinski definition) is 4. The molecule has 0 saturated carbocycles. The maximum absolute atomic E-state index is 9.13. The SMILES string of the molecule is Oc1csc2c(O)csc12. The number of hydrogen-bond donors (Lipinski definition) is 2. The Balaban J connectivity index is 2.95. The average Bonchev–Trinajstić information content (AvgIpc) is 2.41. The van der Waals surface area contributed by atoms with E-state index in [0.717, 1.165) is 9.40 Å². The Hall–Kier alpha value is -0.740. The lowest BCUT2D eigenvalue weighted by Gasteiger charge is -1.77. The zero-order valence-electron chi connectivity index (χ0n) is 4.87. The van der Waals surface area contributed by atoms with Crippen LogP contribution in [0.2, 0.25) is 0 Å². The Morgan fingerprint density at radius 1 is 0.900 bits per heavy atom. The first-order valence-corrected chi connectivity index (χ1v) is 4.41. The van der Waals surface area contributed by atoms with E-state index in [1.165, 1.54) is 22.7 Å². The molecule has 2 rings (SSSR count). The zero-order valence-corrected chi connectivity index (χ0v) is 6.50. The van der Waals surface area contributed by atoms with Crippen molar-refractivity contribution < 1.29 is 10.2 Å². The van der Waals surface area contributed by atoms with Crippen molar-refractivity contribution in [2.45, 2.75) is 0 Å². The zero-order chi connectivity index (χ0) is 7.14. The van der Waals surface area contributed by atoms with Gasteiger partial charge in [0.2, 0.25) is 0 Å². The van der Waals surface area contributed by atoms with Crippen LogP contribution in [0.15, 0.2) is 10.8 Å². The van der Waals surface area contributed by atoms with Gasteiger partial charge in [-0.2, -0.15) is 0 Å². The molecule has 0 fully saturated rings. The molecule has 0 spiro atoms. The summed E-state index contributed by atoms with van der Waals surface area (Å²) in [4.78, 5) is 0. The Morgan fingerprint density at radius 2 is 1.30 bits per heavy atom. The predicted molar refractivity (Wildman–Crippen MR) is 43.0 cm³/mol. The highest BCUT2D eigenvalue weighted by molar-refractivity contribution is 7.27. The third-order valence-electron chi connectivity index (χ3n) is 1.25. The molecule has 2 nitrogen and oxygen atoms in total. The lowest BCUT2D eigenvalue weighted by atomic mass is 10.5. The largest absolute Gasteiger partial charge is 0.506 e. The van der Waals surface area contributed by atoms with Crippen LogP contribution in [0.5, 0.6) is 11.5 Å². The van der Waals surface area contributed by atoms with Crippen molar-refractivity contribution in [1.82, 2.24) is 0 Å². The summed E-state index contributed by atoms with van der Waals surface area (Å²) in [6.45, 7) is 0. The Morgan fingerprint density at radius 3 is 1.70 bits per heavy atom. The molecule has 0 aromatic carbocycles. The predicted octanol–water partition coefficient (Wildman–Crippen LogP) is 2.37. The molecule has 0 radical (unpaired) electrons. The number of rotatable bonds is 0. The van der Waals surface area contributed by atoms with Gasteiger partial charge in [-0.05, 0) is 0 Å². The van der Waals surface area contributed by atoms with Gasteiger partial charge in [-0.15, -0.1) is 22.7 Å². The summed E-state index contributed by atoms with van der Waals surface area (Å²) in [5, 5.41) is 21.5. The van der Waals surface area contributed by atoms with Gasteiger partial charge in [0.15, 0.2) is 0 Å². The fourth-order valence-electron chi connectivity index (χ4n) is 0.797. The molecular weight excluding hydrogens is 168 g/mol. The van der Waals surface area contributed by atoms with Crippen LogP contribution < -0.4 is 0 Å². The minimum absolute atomic E-state index is 0.269. The topological polar surface area (TPSA) is 40.5 Å². The highest BCUT2D eigenvalue weighted by Gasteiger charge is 2.07. The van der Waals surface area contributed by atoms with Crippen molar-refractivity contribution in [2.24, 2.45) is 0 Å². The minimum Gasteiger partial charge on any atom is -0.506 e. The third-order valence-corrected chi connectivity index (χ3v) is 3.36. The Bertz CT molecular complexity index is 325. The van der Waals surface area contributed by atoms with Gasteiger partial charge in [0.1, 0.15) is 11.5 Å². The molecule has 2 N–H and O–H groups in total. The fourth-order valence-corrected chi connectivity index (χ4v) is 2.71. The van der Waals surface area contributed by atoms with Gasteiger partial charge in [0.25, 0.3) is 0 Å². The minimum atomic E-state index is 0.269. The second-order valence-electron chi connectivity index (χ2n) is 1.90. The van der Waals surface area contributed by atoms with E-state index in [2.05, 4.69) is 0 Å². The normalized spacial score (nSPS) is 10.8. The van der Waals surface area contributed by atoms with Crippen molar-refractivity contribution in [3.8, 4) is 11.5 Å². The smallest absolute Gasteiger partial charge is 0.144 e. The molecule has 4 heteroatoms. The van der Waals surface area contributed by atoms with Crippen LogP contribution in [0.1, 0.15) is 0 Å². The van der Waals surface area contributed by atoms with Crippen LogP contribution in [-0.2, 0) is 0 Å². The number of aromatic hydroxyl groups is 2. The van der Waals surface area contributed by atoms with Gasteiger partial charge in [-0.1, -0.05) is 0 Å². The number of fused-ring (bicyclic) bond motifs is 1. The summed E-state index contributed by atoms with van der Waals surface area (Å²) in [7, 11) is 0. The van der Waals surface area contributed by atoms with Gasteiger partial charge in [0, 0.05) is 10.8 Å². The molecule has 0 atom stereocenters. The lowest BCUT2D eigenvalue weighted by molar-refractivity contribution is 0.481. The molecule has 10 heavy (non-hydrogen) atoms. The van der Waals surface area contributed by atoms with E-state index in [1.807, 2.05) is 0 Å². The maximum atomic E-state index is 9.13. The molecule has 2 aromatic rings. The third kappa shape index (κ3) is 0.629. The van der Waals surface area contributed by atoms with Gasteiger partial charge in [0.05, 0.1) is 9.40 Å². The van der Waals surface area contributed by atoms with Crippen LogP contribution in [0.25, 0.3) is 9.40 Å². The Labute approximate surface area is 65.0 Å². The van der Waals surface area contributed by atoms with E-state index in [0.29, 0.717) is 0 Å². The van der Waals surface area contributed by atoms with Crippen LogP contribution >= 0.6 is 22.7 Å². The standard InChI is InChI=1S/C6H4O2S2/c7-3-1-9-6-4(8)2-10-5(3)6/h1-2,7-8H. The monoisotopic (exact) mass is 172 g/mol. The molecular formula is C6H4O2S2. The molecule has 0 aliphatic heterocycles. The second-order valence-corrected chi connectivity index (χ2v) is 3.66. The first-order chi connectivity index (χ1) is 4.79. The van der Waals surface area contributed by atoms with E-state index < -0.39 is 0 Å².